The summed E-state index contributed by atoms with van der Waals surface area (Å²) in [5.74, 6) is -1.35. The van der Waals surface area contributed by atoms with Gasteiger partial charge in [-0.15, -0.1) is 0 Å². The number of benzene rings is 3. The summed E-state index contributed by atoms with van der Waals surface area (Å²) in [5.41, 5.74) is 1.48. The van der Waals surface area contributed by atoms with E-state index in [0.29, 0.717) is 10.6 Å². The number of esters is 1. The standard InChI is InChI=1S/C29H30F3NO4S/c1-4-37-27(34)11-7-9-25(28(29(30,31)32)33-21-14-16-22(36-3)17-15-21)24-8-5-6-10-26(24)38(35)23-18-12-20(2)13-19-23/h5-8,10-19,25,28,33H,4,9H2,1-3H3/b11-7+/t25-,28-,38-/m0/s1. The second kappa shape index (κ2) is 13.3. The van der Waals surface area contributed by atoms with Gasteiger partial charge in [0.1, 0.15) is 11.8 Å². The molecule has 0 spiro atoms. The molecule has 0 fully saturated rings. The van der Waals surface area contributed by atoms with Crippen molar-refractivity contribution >= 4 is 22.5 Å². The molecule has 38 heavy (non-hydrogen) atoms. The van der Waals surface area contributed by atoms with E-state index < -0.39 is 34.9 Å². The number of nitrogens with one attached hydrogen (secondary N) is 1. The first-order valence-corrected chi connectivity index (χ1v) is 13.2. The molecule has 5 nitrogen and oxygen atoms in total. The second-order valence-electron chi connectivity index (χ2n) is 8.51. The van der Waals surface area contributed by atoms with Crippen molar-refractivity contribution in [2.45, 2.75) is 48.2 Å². The molecule has 0 aliphatic heterocycles. The van der Waals surface area contributed by atoms with Crippen LogP contribution in [0.5, 0.6) is 5.75 Å². The predicted molar refractivity (Wildman–Crippen MR) is 142 cm³/mol. The minimum atomic E-state index is -4.68. The highest BCUT2D eigenvalue weighted by Gasteiger charge is 2.45. The lowest BCUT2D eigenvalue weighted by molar-refractivity contribution is -0.147. The van der Waals surface area contributed by atoms with Crippen LogP contribution in [0.4, 0.5) is 18.9 Å². The SMILES string of the molecule is CCOC(=O)/C=C/C[C@@H](c1ccccc1[S@@](=O)c1ccc(C)cc1)[C@H](Nc1ccc(OC)cc1)C(F)(F)F. The number of alkyl halides is 3. The Hall–Kier alpha value is -3.59. The molecule has 3 aromatic rings. The Morgan fingerprint density at radius 3 is 2.29 bits per heavy atom. The molecular weight excluding hydrogens is 515 g/mol. The lowest BCUT2D eigenvalue weighted by Gasteiger charge is -2.31. The number of hydrogen-bond acceptors (Lipinski definition) is 5. The molecular formula is C29H30F3NO4S. The van der Waals surface area contributed by atoms with Crippen molar-refractivity contribution in [2.75, 3.05) is 19.0 Å². The quantitative estimate of drug-likeness (QED) is 0.212. The monoisotopic (exact) mass is 545 g/mol. The number of rotatable bonds is 11. The van der Waals surface area contributed by atoms with Crippen molar-refractivity contribution < 1.29 is 31.6 Å². The molecule has 0 saturated heterocycles. The highest BCUT2D eigenvalue weighted by Crippen LogP contribution is 2.39. The minimum absolute atomic E-state index is 0.148. The number of carbonyl (C=O) groups is 1. The van der Waals surface area contributed by atoms with Crippen LogP contribution in [0.3, 0.4) is 0 Å². The molecule has 1 N–H and O–H groups in total. The molecule has 0 unspecified atom stereocenters. The molecule has 0 amide bonds. The number of aryl methyl sites for hydroxylation is 1. The number of ether oxygens (including phenoxy) is 2. The van der Waals surface area contributed by atoms with Crippen molar-refractivity contribution in [3.05, 3.63) is 96.1 Å². The largest absolute Gasteiger partial charge is 0.497 e. The van der Waals surface area contributed by atoms with Crippen molar-refractivity contribution in [2.24, 2.45) is 0 Å². The van der Waals surface area contributed by atoms with E-state index in [1.807, 2.05) is 6.92 Å². The zero-order chi connectivity index (χ0) is 27.7. The Bertz CT molecular complexity index is 1260. The Balaban J connectivity index is 2.08. The van der Waals surface area contributed by atoms with Crippen molar-refractivity contribution in [1.82, 2.24) is 0 Å². The normalized spacial score (nSPS) is 14.1. The molecule has 0 aliphatic rings. The van der Waals surface area contributed by atoms with Gasteiger partial charge in [-0.3, -0.25) is 0 Å². The summed E-state index contributed by atoms with van der Waals surface area (Å²) < 4.78 is 67.4. The fourth-order valence-corrected chi connectivity index (χ4v) is 5.24. The molecule has 3 atom stereocenters. The minimum Gasteiger partial charge on any atom is -0.497 e. The second-order valence-corrected chi connectivity index (χ2v) is 9.96. The first-order chi connectivity index (χ1) is 18.1. The van der Waals surface area contributed by atoms with E-state index in [1.165, 1.54) is 25.3 Å². The van der Waals surface area contributed by atoms with Gasteiger partial charge in [0, 0.05) is 27.5 Å². The van der Waals surface area contributed by atoms with E-state index in [2.05, 4.69) is 5.32 Å². The van der Waals surface area contributed by atoms with Crippen LogP contribution in [-0.2, 0) is 20.3 Å². The molecule has 3 aromatic carbocycles. The molecule has 9 heteroatoms. The lowest BCUT2D eigenvalue weighted by Crippen LogP contribution is -2.41. The summed E-state index contributed by atoms with van der Waals surface area (Å²) in [6, 6.07) is 17.5. The van der Waals surface area contributed by atoms with E-state index in [9.17, 15) is 22.2 Å². The number of anilines is 1. The van der Waals surface area contributed by atoms with E-state index in [0.717, 1.165) is 11.6 Å². The van der Waals surface area contributed by atoms with Crippen molar-refractivity contribution in [3.63, 3.8) is 0 Å². The van der Waals surface area contributed by atoms with E-state index in [4.69, 9.17) is 9.47 Å². The Kier molecular flexibility index (Phi) is 10.1. The average Bonchev–Trinajstić information content (AvgIpc) is 2.90. The molecule has 0 bridgehead atoms. The van der Waals surface area contributed by atoms with Gasteiger partial charge < -0.3 is 14.8 Å². The van der Waals surface area contributed by atoms with E-state index in [-0.39, 0.29) is 29.2 Å². The lowest BCUT2D eigenvalue weighted by atomic mass is 9.87. The van der Waals surface area contributed by atoms with Gasteiger partial charge in [0.25, 0.3) is 0 Å². The zero-order valence-electron chi connectivity index (χ0n) is 21.3. The van der Waals surface area contributed by atoms with Crippen LogP contribution in [0, 0.1) is 6.92 Å². The summed E-state index contributed by atoms with van der Waals surface area (Å²) in [6.07, 6.45) is -2.35. The third-order valence-corrected chi connectivity index (χ3v) is 7.32. The van der Waals surface area contributed by atoms with Gasteiger partial charge in [0.05, 0.1) is 24.5 Å². The number of halogens is 3. The van der Waals surface area contributed by atoms with E-state index in [1.54, 1.807) is 67.6 Å². The average molecular weight is 546 g/mol. The topological polar surface area (TPSA) is 64.6 Å². The highest BCUT2D eigenvalue weighted by atomic mass is 32.2. The molecule has 0 heterocycles. The number of allylic oxidation sites excluding steroid dienone is 1. The predicted octanol–water partition coefficient (Wildman–Crippen LogP) is 6.81. The van der Waals surface area contributed by atoms with Crippen LogP contribution in [0.25, 0.3) is 0 Å². The Morgan fingerprint density at radius 1 is 1.03 bits per heavy atom. The third-order valence-electron chi connectivity index (χ3n) is 5.85. The molecule has 0 aromatic heterocycles. The summed E-state index contributed by atoms with van der Waals surface area (Å²) in [5, 5.41) is 2.62. The van der Waals surface area contributed by atoms with Gasteiger partial charge >= 0.3 is 12.1 Å². The molecule has 0 aliphatic carbocycles. The first kappa shape index (κ1) is 29.0. The van der Waals surface area contributed by atoms with Gasteiger partial charge in [0.2, 0.25) is 0 Å². The maximum atomic E-state index is 14.6. The summed E-state index contributed by atoms with van der Waals surface area (Å²) in [7, 11) is -0.256. The van der Waals surface area contributed by atoms with Gasteiger partial charge in [-0.05, 0) is 68.3 Å². The number of carbonyl (C=O) groups excluding carboxylic acids is 1. The van der Waals surface area contributed by atoms with Crippen LogP contribution in [-0.4, -0.2) is 36.1 Å². The maximum absolute atomic E-state index is 14.6. The van der Waals surface area contributed by atoms with Crippen molar-refractivity contribution in [1.29, 1.82) is 0 Å². The third kappa shape index (κ3) is 7.71. The van der Waals surface area contributed by atoms with Gasteiger partial charge in [0.15, 0.2) is 0 Å². The smallest absolute Gasteiger partial charge is 0.409 e. The van der Waals surface area contributed by atoms with Gasteiger partial charge in [-0.25, -0.2) is 9.00 Å². The van der Waals surface area contributed by atoms with Gasteiger partial charge in [-0.2, -0.15) is 13.2 Å². The van der Waals surface area contributed by atoms with Crippen LogP contribution >= 0.6 is 0 Å². The fraction of sp³-hybridized carbons (Fsp3) is 0.276. The molecule has 0 saturated carbocycles. The summed E-state index contributed by atoms with van der Waals surface area (Å²) >= 11 is 0. The fourth-order valence-electron chi connectivity index (χ4n) is 3.97. The van der Waals surface area contributed by atoms with Crippen LogP contribution < -0.4 is 10.1 Å². The number of hydrogen-bond donors (Lipinski definition) is 1. The van der Waals surface area contributed by atoms with Crippen LogP contribution in [0.1, 0.15) is 30.4 Å². The number of methoxy groups -OCH3 is 1. The molecule has 0 radical (unpaired) electrons. The Labute approximate surface area is 223 Å². The first-order valence-electron chi connectivity index (χ1n) is 12.0. The summed E-state index contributed by atoms with van der Waals surface area (Å²) in [6.45, 7) is 3.68. The van der Waals surface area contributed by atoms with Crippen LogP contribution in [0.15, 0.2) is 94.7 Å². The van der Waals surface area contributed by atoms with E-state index >= 15 is 0 Å². The molecule has 3 rings (SSSR count). The van der Waals surface area contributed by atoms with Gasteiger partial charge in [-0.1, -0.05) is 42.0 Å². The highest BCUT2D eigenvalue weighted by molar-refractivity contribution is 7.85. The van der Waals surface area contributed by atoms with Crippen molar-refractivity contribution in [3.8, 4) is 5.75 Å². The summed E-state index contributed by atoms with van der Waals surface area (Å²) in [4.78, 5) is 12.6. The maximum Gasteiger partial charge on any atom is 0.409 e. The molecule has 202 valence electrons. The van der Waals surface area contributed by atoms with Crippen LogP contribution in [0.2, 0.25) is 0 Å². The zero-order valence-corrected chi connectivity index (χ0v) is 22.1. The Morgan fingerprint density at radius 2 is 1.68 bits per heavy atom.